The molecule has 2 heteroatoms. The van der Waals surface area contributed by atoms with Gasteiger partial charge >= 0.3 is 0 Å². The summed E-state index contributed by atoms with van der Waals surface area (Å²) in [6.07, 6.45) is 0. The van der Waals surface area contributed by atoms with Crippen molar-refractivity contribution in [3.8, 4) is 0 Å². The summed E-state index contributed by atoms with van der Waals surface area (Å²) in [6.45, 7) is 0. The van der Waals surface area contributed by atoms with Crippen molar-refractivity contribution in [3.63, 3.8) is 0 Å². The van der Waals surface area contributed by atoms with E-state index >= 15 is 0 Å². The lowest BCUT2D eigenvalue weighted by Crippen LogP contribution is -1.99. The van der Waals surface area contributed by atoms with E-state index in [1.165, 1.54) is 21.5 Å². The minimum Gasteiger partial charge on any atom is -0.0960 e. The van der Waals surface area contributed by atoms with Crippen molar-refractivity contribution in [2.45, 2.75) is 0 Å². The highest BCUT2D eigenvalue weighted by atomic mass is 79.9. The van der Waals surface area contributed by atoms with Crippen molar-refractivity contribution in [3.05, 3.63) is 53.0 Å². The number of rotatable bonds is 0. The van der Waals surface area contributed by atoms with E-state index in [0.29, 0.717) is 0 Å². The Morgan fingerprint density at radius 3 is 2.12 bits per heavy atom. The number of benzene rings is 3. The van der Waals surface area contributed by atoms with E-state index in [1.54, 1.807) is 0 Å². The van der Waals surface area contributed by atoms with Crippen LogP contribution in [0.3, 0.4) is 0 Å². The standard InChI is InChI=1S/C14H8BBr/c15-11-3-5-13-9(7-11)1-2-10-8-12(16)4-6-14(10)13/h1-8H. The molecule has 0 fully saturated rings. The summed E-state index contributed by atoms with van der Waals surface area (Å²) in [7, 11) is 5.78. The van der Waals surface area contributed by atoms with Crippen LogP contribution in [0.5, 0.6) is 0 Å². The Labute approximate surface area is 104 Å². The van der Waals surface area contributed by atoms with Crippen LogP contribution in [0.1, 0.15) is 0 Å². The van der Waals surface area contributed by atoms with Gasteiger partial charge in [0.25, 0.3) is 0 Å². The molecule has 0 unspecified atom stereocenters. The Morgan fingerprint density at radius 1 is 0.750 bits per heavy atom. The predicted octanol–water partition coefficient (Wildman–Crippen LogP) is 3.55. The van der Waals surface area contributed by atoms with Crippen molar-refractivity contribution in [1.82, 2.24) is 0 Å². The lowest BCUT2D eigenvalue weighted by Gasteiger charge is -2.05. The van der Waals surface area contributed by atoms with Crippen LogP contribution in [0.25, 0.3) is 21.5 Å². The average molecular weight is 267 g/mol. The van der Waals surface area contributed by atoms with Gasteiger partial charge in [0.1, 0.15) is 7.85 Å². The molecule has 0 nitrogen and oxygen atoms in total. The Bertz CT molecular complexity index is 628. The molecular formula is C14H8BBr. The molecule has 0 saturated heterocycles. The first-order chi connectivity index (χ1) is 7.74. The lowest BCUT2D eigenvalue weighted by atomic mass is 9.92. The summed E-state index contributed by atoms with van der Waals surface area (Å²) in [5, 5.41) is 4.95. The normalized spacial score (nSPS) is 11.1. The smallest absolute Gasteiger partial charge is 0.0960 e. The van der Waals surface area contributed by atoms with E-state index in [4.69, 9.17) is 7.85 Å². The summed E-state index contributed by atoms with van der Waals surface area (Å²) >= 11 is 3.49. The maximum Gasteiger partial charge on any atom is 0.113 e. The Kier molecular flexibility index (Phi) is 2.25. The van der Waals surface area contributed by atoms with Gasteiger partial charge in [-0.3, -0.25) is 0 Å². The summed E-state index contributed by atoms with van der Waals surface area (Å²) in [5.74, 6) is 0. The van der Waals surface area contributed by atoms with Gasteiger partial charge in [-0.1, -0.05) is 57.8 Å². The predicted molar refractivity (Wildman–Crippen MR) is 74.5 cm³/mol. The van der Waals surface area contributed by atoms with Crippen LogP contribution in [-0.2, 0) is 0 Å². The van der Waals surface area contributed by atoms with Gasteiger partial charge in [-0.15, -0.1) is 0 Å². The fourth-order valence-electron chi connectivity index (χ4n) is 2.06. The second kappa shape index (κ2) is 3.64. The van der Waals surface area contributed by atoms with E-state index < -0.39 is 0 Å². The number of halogens is 1. The molecule has 3 rings (SSSR count). The number of hydrogen-bond acceptors (Lipinski definition) is 0. The van der Waals surface area contributed by atoms with Gasteiger partial charge < -0.3 is 0 Å². The lowest BCUT2D eigenvalue weighted by molar-refractivity contribution is 1.73. The third kappa shape index (κ3) is 1.54. The number of hydrogen-bond donors (Lipinski definition) is 0. The highest BCUT2D eigenvalue weighted by Gasteiger charge is 2.00. The van der Waals surface area contributed by atoms with E-state index in [9.17, 15) is 0 Å². The summed E-state index contributed by atoms with van der Waals surface area (Å²) < 4.78 is 1.11. The largest absolute Gasteiger partial charge is 0.113 e. The molecule has 2 radical (unpaired) electrons. The quantitative estimate of drug-likeness (QED) is 0.431. The van der Waals surface area contributed by atoms with Gasteiger partial charge in [0, 0.05) is 4.47 Å². The van der Waals surface area contributed by atoms with E-state index in [0.717, 1.165) is 9.94 Å². The van der Waals surface area contributed by atoms with Crippen molar-refractivity contribution in [1.29, 1.82) is 0 Å². The topological polar surface area (TPSA) is 0 Å². The van der Waals surface area contributed by atoms with Crippen molar-refractivity contribution in [2.75, 3.05) is 0 Å². The molecule has 0 saturated carbocycles. The molecule has 0 spiro atoms. The molecule has 74 valence electrons. The first-order valence-electron chi connectivity index (χ1n) is 5.11. The molecule has 0 bridgehead atoms. The van der Waals surface area contributed by atoms with E-state index in [1.807, 2.05) is 12.1 Å². The van der Waals surface area contributed by atoms with Gasteiger partial charge in [-0.05, 0) is 33.7 Å². The fourth-order valence-corrected chi connectivity index (χ4v) is 2.44. The molecule has 0 atom stereocenters. The van der Waals surface area contributed by atoms with Gasteiger partial charge in [-0.25, -0.2) is 0 Å². The van der Waals surface area contributed by atoms with E-state index in [-0.39, 0.29) is 0 Å². The molecule has 0 aliphatic carbocycles. The first kappa shape index (κ1) is 9.92. The van der Waals surface area contributed by atoms with Crippen LogP contribution in [0.15, 0.2) is 53.0 Å². The zero-order chi connectivity index (χ0) is 11.1. The molecule has 0 heterocycles. The van der Waals surface area contributed by atoms with Crippen LogP contribution in [0.4, 0.5) is 0 Å². The van der Waals surface area contributed by atoms with Crippen LogP contribution >= 0.6 is 15.9 Å². The molecule has 16 heavy (non-hydrogen) atoms. The molecule has 0 aliphatic heterocycles. The Morgan fingerprint density at radius 2 is 1.38 bits per heavy atom. The van der Waals surface area contributed by atoms with Crippen molar-refractivity contribution in [2.24, 2.45) is 0 Å². The minimum atomic E-state index is 0.809. The van der Waals surface area contributed by atoms with Gasteiger partial charge in [0.15, 0.2) is 0 Å². The Balaban J connectivity index is 2.50. The van der Waals surface area contributed by atoms with Crippen LogP contribution in [0, 0.1) is 0 Å². The van der Waals surface area contributed by atoms with Gasteiger partial charge in [0.2, 0.25) is 0 Å². The summed E-state index contributed by atoms with van der Waals surface area (Å²) in [6, 6.07) is 16.6. The molecule has 0 aromatic heterocycles. The highest BCUT2D eigenvalue weighted by molar-refractivity contribution is 9.10. The SMILES string of the molecule is [B]c1ccc2c(ccc3cc(Br)ccc32)c1. The van der Waals surface area contributed by atoms with E-state index in [2.05, 4.69) is 52.3 Å². The second-order valence-electron chi connectivity index (χ2n) is 3.91. The first-order valence-corrected chi connectivity index (χ1v) is 5.91. The number of fused-ring (bicyclic) bond motifs is 3. The monoisotopic (exact) mass is 266 g/mol. The summed E-state index contributed by atoms with van der Waals surface area (Å²) in [4.78, 5) is 0. The maximum absolute atomic E-state index is 5.78. The zero-order valence-corrected chi connectivity index (χ0v) is 10.2. The minimum absolute atomic E-state index is 0.809. The molecular weight excluding hydrogens is 259 g/mol. The van der Waals surface area contributed by atoms with Crippen LogP contribution in [-0.4, -0.2) is 7.85 Å². The fraction of sp³-hybridized carbons (Fsp3) is 0. The van der Waals surface area contributed by atoms with Gasteiger partial charge in [0.05, 0.1) is 0 Å². The van der Waals surface area contributed by atoms with Gasteiger partial charge in [-0.2, -0.15) is 0 Å². The third-order valence-electron chi connectivity index (χ3n) is 2.82. The molecule has 3 aromatic carbocycles. The van der Waals surface area contributed by atoms with Crippen LogP contribution in [0.2, 0.25) is 0 Å². The highest BCUT2D eigenvalue weighted by Crippen LogP contribution is 2.26. The third-order valence-corrected chi connectivity index (χ3v) is 3.32. The zero-order valence-electron chi connectivity index (χ0n) is 8.57. The van der Waals surface area contributed by atoms with Crippen molar-refractivity contribution < 1.29 is 0 Å². The molecule has 3 aromatic rings. The average Bonchev–Trinajstić information content (AvgIpc) is 2.28. The van der Waals surface area contributed by atoms with Crippen molar-refractivity contribution >= 4 is 50.8 Å². The summed E-state index contributed by atoms with van der Waals surface area (Å²) in [5.41, 5.74) is 0.809. The van der Waals surface area contributed by atoms with Crippen LogP contribution < -0.4 is 5.46 Å². The molecule has 0 aliphatic rings. The molecule has 0 amide bonds. The second-order valence-corrected chi connectivity index (χ2v) is 4.83. The molecule has 0 N–H and O–H groups in total. The Hall–Kier alpha value is -1.28. The maximum atomic E-state index is 5.78.